The van der Waals surface area contributed by atoms with E-state index in [-0.39, 0.29) is 0 Å². The summed E-state index contributed by atoms with van der Waals surface area (Å²) in [5, 5.41) is 8.47. The van der Waals surface area contributed by atoms with E-state index in [9.17, 15) is 0 Å². The zero-order chi connectivity index (χ0) is 12.4. The molecule has 3 rings (SSSR count). The van der Waals surface area contributed by atoms with Gasteiger partial charge in [0.2, 0.25) is 0 Å². The second-order valence-electron chi connectivity index (χ2n) is 4.37. The van der Waals surface area contributed by atoms with Crippen molar-refractivity contribution in [2.75, 3.05) is 32.8 Å². The zero-order valence-corrected chi connectivity index (χ0v) is 11.6. The third kappa shape index (κ3) is 2.41. The highest BCUT2D eigenvalue weighted by Gasteiger charge is 2.12. The molecule has 1 aliphatic heterocycles. The highest BCUT2D eigenvalue weighted by molar-refractivity contribution is 9.10. The smallest absolute Gasteiger partial charge is 0.175 e. The molecule has 0 N–H and O–H groups in total. The summed E-state index contributed by atoms with van der Waals surface area (Å²) < 4.78 is 8.37. The molecule has 0 aliphatic carbocycles. The van der Waals surface area contributed by atoms with Crippen molar-refractivity contribution in [1.82, 2.24) is 19.5 Å². The topological polar surface area (TPSA) is 42.7 Å². The van der Waals surface area contributed by atoms with Crippen LogP contribution < -0.4 is 0 Å². The first-order valence-corrected chi connectivity index (χ1v) is 6.92. The molecule has 2 aromatic heterocycles. The monoisotopic (exact) mass is 310 g/mol. The first kappa shape index (κ1) is 12.1. The molecule has 6 heteroatoms. The standard InChI is InChI=1S/C12H15BrN4O/c13-10-2-1-4-17-11(14-15-12(10)17)3-5-16-6-8-18-9-7-16/h1-2,4H,3,5-9H2. The van der Waals surface area contributed by atoms with Crippen molar-refractivity contribution in [3.63, 3.8) is 0 Å². The number of morpholine rings is 1. The molecule has 0 unspecified atom stereocenters. The minimum atomic E-state index is 0.839. The molecule has 18 heavy (non-hydrogen) atoms. The van der Waals surface area contributed by atoms with Crippen LogP contribution in [-0.2, 0) is 11.2 Å². The highest BCUT2D eigenvalue weighted by Crippen LogP contribution is 2.16. The molecule has 0 atom stereocenters. The number of rotatable bonds is 3. The molecule has 0 saturated carbocycles. The minimum absolute atomic E-state index is 0.839. The minimum Gasteiger partial charge on any atom is -0.379 e. The number of ether oxygens (including phenoxy) is 1. The van der Waals surface area contributed by atoms with Gasteiger partial charge in [-0.25, -0.2) is 0 Å². The molecule has 0 radical (unpaired) electrons. The molecular weight excluding hydrogens is 296 g/mol. The van der Waals surface area contributed by atoms with E-state index < -0.39 is 0 Å². The van der Waals surface area contributed by atoms with E-state index in [1.54, 1.807) is 0 Å². The molecular formula is C12H15BrN4O. The number of halogens is 1. The predicted octanol–water partition coefficient (Wildman–Crippen LogP) is 1.37. The van der Waals surface area contributed by atoms with Crippen LogP contribution in [0.3, 0.4) is 0 Å². The lowest BCUT2D eigenvalue weighted by Gasteiger charge is -2.26. The Morgan fingerprint density at radius 3 is 2.94 bits per heavy atom. The van der Waals surface area contributed by atoms with Crippen molar-refractivity contribution in [3.05, 3.63) is 28.6 Å². The van der Waals surface area contributed by atoms with E-state index in [0.717, 1.165) is 55.2 Å². The van der Waals surface area contributed by atoms with Gasteiger partial charge >= 0.3 is 0 Å². The summed E-state index contributed by atoms with van der Waals surface area (Å²) in [7, 11) is 0. The number of fused-ring (bicyclic) bond motifs is 1. The quantitative estimate of drug-likeness (QED) is 0.858. The first-order valence-electron chi connectivity index (χ1n) is 6.13. The van der Waals surface area contributed by atoms with Gasteiger partial charge in [0.25, 0.3) is 0 Å². The highest BCUT2D eigenvalue weighted by atomic mass is 79.9. The van der Waals surface area contributed by atoms with Crippen LogP contribution in [0.25, 0.3) is 5.65 Å². The van der Waals surface area contributed by atoms with Crippen molar-refractivity contribution >= 4 is 21.6 Å². The summed E-state index contributed by atoms with van der Waals surface area (Å²) in [6.45, 7) is 4.72. The van der Waals surface area contributed by atoms with Gasteiger partial charge in [-0.1, -0.05) is 0 Å². The number of aromatic nitrogens is 3. The second kappa shape index (κ2) is 5.34. The Labute approximate surface area is 114 Å². The molecule has 3 heterocycles. The first-order chi connectivity index (χ1) is 8.84. The molecule has 2 aromatic rings. The number of nitrogens with zero attached hydrogens (tertiary/aromatic N) is 4. The number of hydrogen-bond donors (Lipinski definition) is 0. The summed E-state index contributed by atoms with van der Waals surface area (Å²) >= 11 is 3.49. The van der Waals surface area contributed by atoms with Gasteiger partial charge in [0.1, 0.15) is 5.82 Å². The third-order valence-corrected chi connectivity index (χ3v) is 3.83. The Balaban J connectivity index is 1.72. The van der Waals surface area contributed by atoms with Gasteiger partial charge < -0.3 is 4.74 Å². The van der Waals surface area contributed by atoms with E-state index in [1.165, 1.54) is 0 Å². The van der Waals surface area contributed by atoms with Crippen LogP contribution in [0, 0.1) is 0 Å². The molecule has 0 amide bonds. The third-order valence-electron chi connectivity index (χ3n) is 3.21. The van der Waals surface area contributed by atoms with Crippen molar-refractivity contribution in [3.8, 4) is 0 Å². The molecule has 0 bridgehead atoms. The van der Waals surface area contributed by atoms with Crippen LogP contribution >= 0.6 is 15.9 Å². The SMILES string of the molecule is Brc1cccn2c(CCN3CCOCC3)nnc12. The van der Waals surface area contributed by atoms with Crippen molar-refractivity contribution in [2.45, 2.75) is 6.42 Å². The summed E-state index contributed by atoms with van der Waals surface area (Å²) in [6.07, 6.45) is 2.92. The van der Waals surface area contributed by atoms with Crippen LogP contribution in [0.4, 0.5) is 0 Å². The summed E-state index contributed by atoms with van der Waals surface area (Å²) in [5.74, 6) is 1.01. The van der Waals surface area contributed by atoms with Gasteiger partial charge in [0.15, 0.2) is 5.65 Å². The Hall–Kier alpha value is -0.980. The maximum absolute atomic E-state index is 5.34. The molecule has 1 aliphatic rings. The fourth-order valence-corrected chi connectivity index (χ4v) is 2.61. The summed E-state index contributed by atoms with van der Waals surface area (Å²) in [5.41, 5.74) is 0.884. The van der Waals surface area contributed by atoms with Gasteiger partial charge in [-0.3, -0.25) is 9.30 Å². The van der Waals surface area contributed by atoms with Gasteiger partial charge in [-0.15, -0.1) is 10.2 Å². The van der Waals surface area contributed by atoms with Crippen LogP contribution in [-0.4, -0.2) is 52.3 Å². The Morgan fingerprint density at radius 2 is 2.11 bits per heavy atom. The Kier molecular flexibility index (Phi) is 3.58. The molecule has 0 aromatic carbocycles. The van der Waals surface area contributed by atoms with E-state index in [1.807, 2.05) is 22.7 Å². The van der Waals surface area contributed by atoms with Gasteiger partial charge in [0, 0.05) is 32.3 Å². The van der Waals surface area contributed by atoms with Crippen molar-refractivity contribution in [1.29, 1.82) is 0 Å². The molecule has 1 fully saturated rings. The average molecular weight is 311 g/mol. The largest absolute Gasteiger partial charge is 0.379 e. The van der Waals surface area contributed by atoms with E-state index in [4.69, 9.17) is 4.74 Å². The Morgan fingerprint density at radius 1 is 1.28 bits per heavy atom. The van der Waals surface area contributed by atoms with Crippen LogP contribution in [0.5, 0.6) is 0 Å². The fourth-order valence-electron chi connectivity index (χ4n) is 2.18. The molecule has 0 spiro atoms. The fraction of sp³-hybridized carbons (Fsp3) is 0.500. The lowest BCUT2D eigenvalue weighted by atomic mass is 10.3. The van der Waals surface area contributed by atoms with E-state index in [0.29, 0.717) is 0 Å². The molecule has 96 valence electrons. The maximum Gasteiger partial charge on any atom is 0.175 e. The average Bonchev–Trinajstić information content (AvgIpc) is 2.82. The van der Waals surface area contributed by atoms with Crippen LogP contribution in [0.1, 0.15) is 5.82 Å². The second-order valence-corrected chi connectivity index (χ2v) is 5.22. The van der Waals surface area contributed by atoms with Crippen molar-refractivity contribution < 1.29 is 4.74 Å². The van der Waals surface area contributed by atoms with Gasteiger partial charge in [-0.05, 0) is 28.1 Å². The van der Waals surface area contributed by atoms with E-state index >= 15 is 0 Å². The Bertz CT molecular complexity index is 536. The molecule has 5 nitrogen and oxygen atoms in total. The van der Waals surface area contributed by atoms with Crippen LogP contribution in [0.2, 0.25) is 0 Å². The lowest BCUT2D eigenvalue weighted by Crippen LogP contribution is -2.37. The van der Waals surface area contributed by atoms with Gasteiger partial charge in [0.05, 0.1) is 17.7 Å². The zero-order valence-electron chi connectivity index (χ0n) is 10.0. The summed E-state index contributed by atoms with van der Waals surface area (Å²) in [4.78, 5) is 2.41. The molecule has 1 saturated heterocycles. The normalized spacial score (nSPS) is 17.4. The van der Waals surface area contributed by atoms with Crippen molar-refractivity contribution in [2.24, 2.45) is 0 Å². The van der Waals surface area contributed by atoms with Gasteiger partial charge in [-0.2, -0.15) is 0 Å². The lowest BCUT2D eigenvalue weighted by molar-refractivity contribution is 0.0382. The number of hydrogen-bond acceptors (Lipinski definition) is 4. The summed E-state index contributed by atoms with van der Waals surface area (Å²) in [6, 6.07) is 3.98. The predicted molar refractivity (Wildman–Crippen MR) is 71.7 cm³/mol. The number of pyridine rings is 1. The maximum atomic E-state index is 5.34. The van der Waals surface area contributed by atoms with Crippen LogP contribution in [0.15, 0.2) is 22.8 Å². The van der Waals surface area contributed by atoms with E-state index in [2.05, 4.69) is 31.0 Å².